The van der Waals surface area contributed by atoms with Gasteiger partial charge in [-0.2, -0.15) is 10.2 Å². The van der Waals surface area contributed by atoms with E-state index in [1.54, 1.807) is 0 Å². The minimum atomic E-state index is -0.515. The highest BCUT2D eigenvalue weighted by Gasteiger charge is 2.29. The largest absolute Gasteiger partial charge is 0.378 e. The summed E-state index contributed by atoms with van der Waals surface area (Å²) in [4.78, 5) is 4.76. The number of nitrogens with one attached hydrogen (secondary N) is 1. The van der Waals surface area contributed by atoms with E-state index in [0.29, 0.717) is 5.02 Å². The fourth-order valence-electron chi connectivity index (χ4n) is 5.54. The standard InChI is InChI=1S/C26H36ClN7O/c1-18-23-19(2)34(22-10-8-21(27)9-11-22)31-24(23)25(30-29-18)33-16-5-7-20(17-33)26(35)28-12-6-15-32-13-3-4-14-32/h8-11,20,26,28,35H,3-7,12-17H2,1-2H3. The maximum atomic E-state index is 10.9. The molecule has 2 atom stereocenters. The van der Waals surface area contributed by atoms with Gasteiger partial charge in [0, 0.05) is 24.0 Å². The zero-order valence-electron chi connectivity index (χ0n) is 20.8. The van der Waals surface area contributed by atoms with E-state index in [0.717, 1.165) is 79.2 Å². The van der Waals surface area contributed by atoms with Crippen molar-refractivity contribution in [2.45, 2.75) is 52.2 Å². The highest BCUT2D eigenvalue weighted by molar-refractivity contribution is 6.30. The van der Waals surface area contributed by atoms with Crippen LogP contribution in [0.2, 0.25) is 5.02 Å². The lowest BCUT2D eigenvalue weighted by Crippen LogP contribution is -2.46. The summed E-state index contributed by atoms with van der Waals surface area (Å²) in [5.41, 5.74) is 3.72. The summed E-state index contributed by atoms with van der Waals surface area (Å²) in [6.45, 7) is 10.1. The van der Waals surface area contributed by atoms with E-state index >= 15 is 0 Å². The van der Waals surface area contributed by atoms with E-state index in [9.17, 15) is 5.11 Å². The van der Waals surface area contributed by atoms with Crippen molar-refractivity contribution in [3.8, 4) is 5.69 Å². The van der Waals surface area contributed by atoms with Crippen molar-refractivity contribution in [3.05, 3.63) is 40.7 Å². The van der Waals surface area contributed by atoms with Crippen molar-refractivity contribution >= 4 is 28.3 Å². The van der Waals surface area contributed by atoms with Crippen molar-refractivity contribution < 1.29 is 5.11 Å². The van der Waals surface area contributed by atoms with Crippen LogP contribution in [0.1, 0.15) is 43.5 Å². The molecule has 2 aromatic heterocycles. The Kier molecular flexibility index (Phi) is 7.53. The van der Waals surface area contributed by atoms with E-state index in [4.69, 9.17) is 16.7 Å². The van der Waals surface area contributed by atoms with Gasteiger partial charge >= 0.3 is 0 Å². The third kappa shape index (κ3) is 5.31. The highest BCUT2D eigenvalue weighted by Crippen LogP contribution is 2.32. The summed E-state index contributed by atoms with van der Waals surface area (Å²) in [5.74, 6) is 0.945. The molecule has 2 fully saturated rings. The molecule has 1 aromatic carbocycles. The summed E-state index contributed by atoms with van der Waals surface area (Å²) in [7, 11) is 0. The lowest BCUT2D eigenvalue weighted by molar-refractivity contribution is 0.0658. The molecule has 2 unspecified atom stereocenters. The summed E-state index contributed by atoms with van der Waals surface area (Å²) in [5, 5.41) is 30.0. The van der Waals surface area contributed by atoms with Crippen molar-refractivity contribution in [1.29, 1.82) is 0 Å². The Bertz CT molecular complexity index is 1140. The molecule has 2 N–H and O–H groups in total. The molecule has 35 heavy (non-hydrogen) atoms. The van der Waals surface area contributed by atoms with Crippen LogP contribution < -0.4 is 10.2 Å². The van der Waals surface area contributed by atoms with Crippen LogP contribution in [-0.2, 0) is 0 Å². The van der Waals surface area contributed by atoms with Crippen LogP contribution in [0.15, 0.2) is 24.3 Å². The van der Waals surface area contributed by atoms with Crippen LogP contribution in [-0.4, -0.2) is 75.5 Å². The number of benzene rings is 1. The van der Waals surface area contributed by atoms with Crippen LogP contribution in [0.25, 0.3) is 16.6 Å². The van der Waals surface area contributed by atoms with Gasteiger partial charge < -0.3 is 14.9 Å². The van der Waals surface area contributed by atoms with Crippen LogP contribution in [0.5, 0.6) is 0 Å². The Hall–Kier alpha value is -2.26. The first-order valence-electron chi connectivity index (χ1n) is 12.9. The van der Waals surface area contributed by atoms with Crippen LogP contribution >= 0.6 is 11.6 Å². The van der Waals surface area contributed by atoms with Crippen molar-refractivity contribution in [1.82, 2.24) is 30.2 Å². The number of aliphatic hydroxyl groups is 1. The summed E-state index contributed by atoms with van der Waals surface area (Å²) >= 11 is 6.09. The Morgan fingerprint density at radius 1 is 1.09 bits per heavy atom. The van der Waals surface area contributed by atoms with E-state index in [2.05, 4.69) is 32.2 Å². The Labute approximate surface area is 212 Å². The minimum absolute atomic E-state index is 0.146. The number of rotatable bonds is 8. The predicted molar refractivity (Wildman–Crippen MR) is 140 cm³/mol. The number of likely N-dealkylation sites (tertiary alicyclic amines) is 1. The van der Waals surface area contributed by atoms with Gasteiger partial charge in [-0.3, -0.25) is 5.32 Å². The number of hydrogen-bond acceptors (Lipinski definition) is 7. The van der Waals surface area contributed by atoms with Crippen LogP contribution in [0.4, 0.5) is 5.82 Å². The fraction of sp³-hybridized carbons (Fsp3) is 0.577. The molecule has 8 nitrogen and oxygen atoms in total. The number of hydrogen-bond donors (Lipinski definition) is 2. The topological polar surface area (TPSA) is 82.3 Å². The number of aromatic nitrogens is 4. The Morgan fingerprint density at radius 2 is 1.86 bits per heavy atom. The van der Waals surface area contributed by atoms with Gasteiger partial charge in [0.2, 0.25) is 0 Å². The molecule has 5 rings (SSSR count). The molecule has 0 aliphatic carbocycles. The Morgan fingerprint density at radius 3 is 2.63 bits per heavy atom. The first-order valence-corrected chi connectivity index (χ1v) is 13.3. The molecule has 0 radical (unpaired) electrons. The quantitative estimate of drug-likeness (QED) is 0.362. The number of nitrogens with zero attached hydrogens (tertiary/aromatic N) is 6. The molecule has 0 spiro atoms. The molecule has 2 aliphatic rings. The third-order valence-electron chi connectivity index (χ3n) is 7.46. The zero-order chi connectivity index (χ0) is 24.4. The van der Waals surface area contributed by atoms with Gasteiger partial charge in [-0.1, -0.05) is 11.6 Å². The average Bonchev–Trinajstić information content (AvgIpc) is 3.51. The first kappa shape index (κ1) is 24.4. The van der Waals surface area contributed by atoms with Crippen molar-refractivity contribution in [3.63, 3.8) is 0 Å². The SMILES string of the molecule is Cc1nnc(N2CCCC(C(O)NCCCN3CCCC3)C2)c2nn(-c3ccc(Cl)cc3)c(C)c12. The number of anilines is 1. The lowest BCUT2D eigenvalue weighted by Gasteiger charge is -2.36. The van der Waals surface area contributed by atoms with E-state index < -0.39 is 6.23 Å². The first-order chi connectivity index (χ1) is 17.0. The summed E-state index contributed by atoms with van der Waals surface area (Å²) in [6, 6.07) is 7.70. The summed E-state index contributed by atoms with van der Waals surface area (Å²) < 4.78 is 1.94. The van der Waals surface area contributed by atoms with Gasteiger partial charge in [0.05, 0.1) is 22.5 Å². The molecule has 2 saturated heterocycles. The highest BCUT2D eigenvalue weighted by atomic mass is 35.5. The number of aliphatic hydroxyl groups excluding tert-OH is 1. The maximum absolute atomic E-state index is 10.9. The van der Waals surface area contributed by atoms with E-state index in [-0.39, 0.29) is 5.92 Å². The molecule has 9 heteroatoms. The average molecular weight is 498 g/mol. The summed E-state index contributed by atoms with van der Waals surface area (Å²) in [6.07, 6.45) is 5.20. The predicted octanol–water partition coefficient (Wildman–Crippen LogP) is 3.70. The molecule has 0 bridgehead atoms. The van der Waals surface area contributed by atoms with Crippen molar-refractivity contribution in [2.75, 3.05) is 44.2 Å². The smallest absolute Gasteiger partial charge is 0.179 e. The number of halogens is 1. The minimum Gasteiger partial charge on any atom is -0.378 e. The van der Waals surface area contributed by atoms with Gasteiger partial charge in [-0.15, -0.1) is 5.10 Å². The van der Waals surface area contributed by atoms with Crippen LogP contribution in [0.3, 0.4) is 0 Å². The van der Waals surface area contributed by atoms with Gasteiger partial charge in [-0.25, -0.2) is 4.68 Å². The monoisotopic (exact) mass is 497 g/mol. The fourth-order valence-corrected chi connectivity index (χ4v) is 5.67. The second kappa shape index (κ2) is 10.8. The Balaban J connectivity index is 1.30. The van der Waals surface area contributed by atoms with Gasteiger partial charge in [-0.05, 0) is 96.4 Å². The van der Waals surface area contributed by atoms with Gasteiger partial charge in [0.15, 0.2) is 5.82 Å². The molecular formula is C26H36ClN7O. The maximum Gasteiger partial charge on any atom is 0.179 e. The van der Waals surface area contributed by atoms with Crippen LogP contribution in [0, 0.1) is 19.8 Å². The van der Waals surface area contributed by atoms with Gasteiger partial charge in [0.25, 0.3) is 0 Å². The third-order valence-corrected chi connectivity index (χ3v) is 7.71. The molecule has 0 amide bonds. The molecule has 3 aromatic rings. The lowest BCUT2D eigenvalue weighted by atomic mass is 9.96. The molecule has 2 aliphatic heterocycles. The molecule has 0 saturated carbocycles. The van der Waals surface area contributed by atoms with E-state index in [1.807, 2.05) is 35.9 Å². The van der Waals surface area contributed by atoms with Crippen molar-refractivity contribution in [2.24, 2.45) is 5.92 Å². The second-order valence-electron chi connectivity index (χ2n) is 9.96. The number of fused-ring (bicyclic) bond motifs is 1. The molecule has 188 valence electrons. The normalized spacial score (nSPS) is 20.1. The second-order valence-corrected chi connectivity index (χ2v) is 10.4. The van der Waals surface area contributed by atoms with Gasteiger partial charge in [0.1, 0.15) is 11.7 Å². The number of piperidine rings is 1. The molecule has 4 heterocycles. The molecular weight excluding hydrogens is 462 g/mol. The zero-order valence-corrected chi connectivity index (χ0v) is 21.5. The number of aryl methyl sites for hydroxylation is 2. The van der Waals surface area contributed by atoms with E-state index in [1.165, 1.54) is 25.9 Å².